The standard InChI is InChI=1S/C18H10BrNO/c19-11-5-6-14-15(8-11)18(21)16-7-10(9-20)12-3-1-2-4-13(12)17(14)16/h1-7,11H,8H2. The molecule has 21 heavy (non-hydrogen) atoms. The van der Waals surface area contributed by atoms with Gasteiger partial charge >= 0.3 is 0 Å². The molecule has 0 heterocycles. The summed E-state index contributed by atoms with van der Waals surface area (Å²) < 4.78 is 0. The zero-order chi connectivity index (χ0) is 14.6. The van der Waals surface area contributed by atoms with E-state index >= 15 is 0 Å². The maximum absolute atomic E-state index is 12.7. The highest BCUT2D eigenvalue weighted by Gasteiger charge is 2.33. The van der Waals surface area contributed by atoms with Gasteiger partial charge in [0.15, 0.2) is 5.78 Å². The third-order valence-electron chi connectivity index (χ3n) is 4.15. The molecule has 2 aromatic carbocycles. The summed E-state index contributed by atoms with van der Waals surface area (Å²) in [5.41, 5.74) is 4.10. The maximum atomic E-state index is 12.7. The van der Waals surface area contributed by atoms with Crippen LogP contribution in [0.15, 0.2) is 48.1 Å². The fourth-order valence-corrected chi connectivity index (χ4v) is 3.70. The molecule has 2 aromatic rings. The molecule has 0 N–H and O–H groups in total. The lowest BCUT2D eigenvalue weighted by atomic mass is 9.92. The molecular formula is C18H10BrNO. The van der Waals surface area contributed by atoms with E-state index < -0.39 is 0 Å². The number of fused-ring (bicyclic) bond motifs is 4. The second-order valence-corrected chi connectivity index (χ2v) is 6.48. The number of hydrogen-bond acceptors (Lipinski definition) is 2. The number of nitrogens with zero attached hydrogens (tertiary/aromatic N) is 1. The summed E-state index contributed by atoms with van der Waals surface area (Å²) in [6.45, 7) is 0. The van der Waals surface area contributed by atoms with Crippen LogP contribution in [0.3, 0.4) is 0 Å². The van der Waals surface area contributed by atoms with Crippen molar-refractivity contribution in [2.45, 2.75) is 11.2 Å². The van der Waals surface area contributed by atoms with E-state index in [0.29, 0.717) is 17.5 Å². The molecule has 0 fully saturated rings. The molecule has 0 aromatic heterocycles. The van der Waals surface area contributed by atoms with Crippen molar-refractivity contribution in [3.63, 3.8) is 0 Å². The van der Waals surface area contributed by atoms with Crippen molar-refractivity contribution < 1.29 is 4.79 Å². The number of carbonyl (C=O) groups is 1. The summed E-state index contributed by atoms with van der Waals surface area (Å²) in [6.07, 6.45) is 4.81. The van der Waals surface area contributed by atoms with Crippen molar-refractivity contribution >= 4 is 38.1 Å². The monoisotopic (exact) mass is 335 g/mol. The van der Waals surface area contributed by atoms with Crippen molar-refractivity contribution in [1.29, 1.82) is 5.26 Å². The first-order valence-corrected chi connectivity index (χ1v) is 7.68. The predicted molar refractivity (Wildman–Crippen MR) is 86.4 cm³/mol. The van der Waals surface area contributed by atoms with Gasteiger partial charge < -0.3 is 0 Å². The first-order valence-electron chi connectivity index (χ1n) is 6.77. The van der Waals surface area contributed by atoms with E-state index in [0.717, 1.165) is 27.5 Å². The van der Waals surface area contributed by atoms with Crippen LogP contribution in [-0.4, -0.2) is 10.6 Å². The first-order chi connectivity index (χ1) is 10.2. The normalized spacial score (nSPS) is 19.6. The van der Waals surface area contributed by atoms with E-state index in [1.165, 1.54) is 0 Å². The topological polar surface area (TPSA) is 40.9 Å². The van der Waals surface area contributed by atoms with Crippen LogP contribution in [0.4, 0.5) is 0 Å². The molecule has 0 saturated carbocycles. The number of ketones is 1. The van der Waals surface area contributed by atoms with Crippen LogP contribution in [0.5, 0.6) is 0 Å². The lowest BCUT2D eigenvalue weighted by Crippen LogP contribution is -2.06. The molecule has 1 atom stereocenters. The molecule has 0 spiro atoms. The van der Waals surface area contributed by atoms with Crippen LogP contribution in [0.2, 0.25) is 0 Å². The second-order valence-electron chi connectivity index (χ2n) is 5.30. The van der Waals surface area contributed by atoms with Crippen LogP contribution in [0, 0.1) is 11.3 Å². The summed E-state index contributed by atoms with van der Waals surface area (Å²) in [7, 11) is 0. The molecular weight excluding hydrogens is 326 g/mol. The Hall–Kier alpha value is -2.18. The minimum Gasteiger partial charge on any atom is -0.289 e. The highest BCUT2D eigenvalue weighted by Crippen LogP contribution is 2.43. The number of hydrogen-bond donors (Lipinski definition) is 0. The molecule has 2 nitrogen and oxygen atoms in total. The van der Waals surface area contributed by atoms with Crippen LogP contribution >= 0.6 is 15.9 Å². The molecule has 1 unspecified atom stereocenters. The number of alkyl halides is 1. The van der Waals surface area contributed by atoms with Gasteiger partial charge in [-0.2, -0.15) is 5.26 Å². The highest BCUT2D eigenvalue weighted by atomic mass is 79.9. The minimum absolute atomic E-state index is 0.0658. The van der Waals surface area contributed by atoms with Gasteiger partial charge in [-0.3, -0.25) is 4.79 Å². The van der Waals surface area contributed by atoms with Gasteiger partial charge in [-0.05, 0) is 23.4 Å². The second kappa shape index (κ2) is 4.41. The lowest BCUT2D eigenvalue weighted by Gasteiger charge is -2.13. The number of halogens is 1. The Kier molecular flexibility index (Phi) is 2.63. The Morgan fingerprint density at radius 2 is 2.00 bits per heavy atom. The highest BCUT2D eigenvalue weighted by molar-refractivity contribution is 9.09. The molecule has 100 valence electrons. The molecule has 0 amide bonds. The molecule has 0 radical (unpaired) electrons. The lowest BCUT2D eigenvalue weighted by molar-refractivity contribution is 0.103. The number of Topliss-reactive ketones (excluding diaryl/α,β-unsaturated/α-hetero) is 1. The van der Waals surface area contributed by atoms with Gasteiger partial charge in [0.25, 0.3) is 0 Å². The van der Waals surface area contributed by atoms with Crippen molar-refractivity contribution in [3.05, 3.63) is 64.7 Å². The number of nitriles is 1. The van der Waals surface area contributed by atoms with Crippen molar-refractivity contribution in [1.82, 2.24) is 0 Å². The number of carbonyl (C=O) groups excluding carboxylic acids is 1. The largest absolute Gasteiger partial charge is 0.289 e. The van der Waals surface area contributed by atoms with Crippen molar-refractivity contribution in [3.8, 4) is 6.07 Å². The van der Waals surface area contributed by atoms with E-state index in [4.69, 9.17) is 0 Å². The van der Waals surface area contributed by atoms with Crippen molar-refractivity contribution in [2.24, 2.45) is 0 Å². The van der Waals surface area contributed by atoms with E-state index in [1.807, 2.05) is 30.3 Å². The van der Waals surface area contributed by atoms with Crippen LogP contribution in [0.25, 0.3) is 16.3 Å². The Labute approximate surface area is 130 Å². The SMILES string of the molecule is N#Cc1cc2c(c3ccccc13)C1=C(CC(Br)C=C1)C2=O. The Morgan fingerprint density at radius 3 is 2.76 bits per heavy atom. The fraction of sp³-hybridized carbons (Fsp3) is 0.111. The smallest absolute Gasteiger partial charge is 0.190 e. The zero-order valence-electron chi connectivity index (χ0n) is 11.1. The number of allylic oxidation sites excluding steroid dienone is 4. The Balaban J connectivity index is 2.12. The van der Waals surface area contributed by atoms with E-state index in [9.17, 15) is 10.1 Å². The summed E-state index contributed by atoms with van der Waals surface area (Å²) in [4.78, 5) is 12.9. The van der Waals surface area contributed by atoms with E-state index in [1.54, 1.807) is 6.07 Å². The number of benzene rings is 2. The molecule has 0 aliphatic heterocycles. The summed E-state index contributed by atoms with van der Waals surface area (Å²) >= 11 is 3.55. The van der Waals surface area contributed by atoms with Gasteiger partial charge in [-0.25, -0.2) is 0 Å². The summed E-state index contributed by atoms with van der Waals surface area (Å²) in [5, 5.41) is 11.3. The molecule has 0 saturated heterocycles. The third kappa shape index (κ3) is 1.66. The van der Waals surface area contributed by atoms with Gasteiger partial charge in [0.1, 0.15) is 0 Å². The Bertz CT molecular complexity index is 915. The predicted octanol–water partition coefficient (Wildman–Crippen LogP) is 4.38. The molecule has 3 heteroatoms. The van der Waals surface area contributed by atoms with Crippen molar-refractivity contribution in [2.75, 3.05) is 0 Å². The average Bonchev–Trinajstić information content (AvgIpc) is 2.79. The Morgan fingerprint density at radius 1 is 1.24 bits per heavy atom. The fourth-order valence-electron chi connectivity index (χ4n) is 3.22. The van der Waals surface area contributed by atoms with Crippen LogP contribution in [0.1, 0.15) is 27.9 Å². The van der Waals surface area contributed by atoms with Gasteiger partial charge in [-0.15, -0.1) is 0 Å². The molecule has 2 aliphatic rings. The molecule has 0 bridgehead atoms. The van der Waals surface area contributed by atoms with Gasteiger partial charge in [-0.1, -0.05) is 52.3 Å². The number of rotatable bonds is 0. The van der Waals surface area contributed by atoms with Gasteiger partial charge in [0.05, 0.1) is 11.6 Å². The summed E-state index contributed by atoms with van der Waals surface area (Å²) in [6, 6.07) is 11.8. The summed E-state index contributed by atoms with van der Waals surface area (Å²) in [5.74, 6) is 0.0658. The van der Waals surface area contributed by atoms with Crippen LogP contribution < -0.4 is 0 Å². The van der Waals surface area contributed by atoms with Gasteiger partial charge in [0.2, 0.25) is 0 Å². The van der Waals surface area contributed by atoms with Gasteiger partial charge in [0, 0.05) is 26.9 Å². The average molecular weight is 336 g/mol. The van der Waals surface area contributed by atoms with E-state index in [2.05, 4.69) is 28.1 Å². The zero-order valence-corrected chi connectivity index (χ0v) is 12.6. The maximum Gasteiger partial charge on any atom is 0.190 e. The van der Waals surface area contributed by atoms with E-state index in [-0.39, 0.29) is 10.6 Å². The molecule has 2 aliphatic carbocycles. The quantitative estimate of drug-likeness (QED) is 0.670. The minimum atomic E-state index is 0.0658. The van der Waals surface area contributed by atoms with Crippen LogP contribution in [-0.2, 0) is 0 Å². The molecule has 4 rings (SSSR count). The first kappa shape index (κ1) is 12.6. The third-order valence-corrected chi connectivity index (χ3v) is 4.78.